The van der Waals surface area contributed by atoms with Crippen molar-refractivity contribution in [2.45, 2.75) is 20.3 Å². The number of nitrogens with two attached hydrogens (primary N) is 1. The van der Waals surface area contributed by atoms with E-state index in [4.69, 9.17) is 5.73 Å². The molecule has 4 aromatic rings. The van der Waals surface area contributed by atoms with Crippen molar-refractivity contribution < 1.29 is 4.79 Å². The topological polar surface area (TPSA) is 98.2 Å². The summed E-state index contributed by atoms with van der Waals surface area (Å²) in [5, 5.41) is 7.45. The fourth-order valence-corrected chi connectivity index (χ4v) is 3.21. The average molecular weight is 400 g/mol. The highest BCUT2D eigenvalue weighted by atomic mass is 16.1. The van der Waals surface area contributed by atoms with Crippen LogP contribution >= 0.6 is 0 Å². The Bertz CT molecular complexity index is 1230. The minimum absolute atomic E-state index is 0.217. The molecule has 0 radical (unpaired) electrons. The predicted molar refractivity (Wildman–Crippen MR) is 121 cm³/mol. The van der Waals surface area contributed by atoms with Crippen LogP contribution in [0.5, 0.6) is 0 Å². The van der Waals surface area contributed by atoms with E-state index in [0.717, 1.165) is 12.0 Å². The first-order chi connectivity index (χ1) is 14.5. The number of aromatic nitrogens is 3. The van der Waals surface area contributed by atoms with Crippen molar-refractivity contribution in [3.8, 4) is 0 Å². The van der Waals surface area contributed by atoms with Crippen LogP contribution in [0.1, 0.15) is 36.2 Å². The van der Waals surface area contributed by atoms with Gasteiger partial charge in [0.25, 0.3) is 5.91 Å². The lowest BCUT2D eigenvalue weighted by molar-refractivity contribution is 0.0954. The van der Waals surface area contributed by atoms with Gasteiger partial charge in [0.05, 0.1) is 17.2 Å². The van der Waals surface area contributed by atoms with E-state index in [0.29, 0.717) is 40.2 Å². The highest BCUT2D eigenvalue weighted by Gasteiger charge is 2.23. The number of benzene rings is 2. The van der Waals surface area contributed by atoms with E-state index in [-0.39, 0.29) is 11.7 Å². The van der Waals surface area contributed by atoms with Crippen molar-refractivity contribution in [2.24, 2.45) is 11.0 Å². The number of carbonyl (C=O) groups excluding carboxylic acids is 1. The highest BCUT2D eigenvalue weighted by molar-refractivity contribution is 6.10. The van der Waals surface area contributed by atoms with Gasteiger partial charge in [-0.3, -0.25) is 4.79 Å². The van der Waals surface area contributed by atoms with E-state index in [2.05, 4.69) is 34.2 Å². The molecule has 4 rings (SSSR count). The van der Waals surface area contributed by atoms with Crippen molar-refractivity contribution in [3.05, 3.63) is 65.7 Å². The van der Waals surface area contributed by atoms with Crippen LogP contribution in [0.3, 0.4) is 0 Å². The summed E-state index contributed by atoms with van der Waals surface area (Å²) in [6, 6.07) is 17.2. The highest BCUT2D eigenvalue weighted by Crippen LogP contribution is 2.27. The van der Waals surface area contributed by atoms with E-state index in [1.807, 2.05) is 54.6 Å². The van der Waals surface area contributed by atoms with Crippen LogP contribution in [0.25, 0.3) is 22.2 Å². The molecular formula is C23H24N6O. The Labute approximate surface area is 174 Å². The van der Waals surface area contributed by atoms with Gasteiger partial charge in [0.2, 0.25) is 0 Å². The number of nitrogen functional groups attached to an aromatic ring is 1. The van der Waals surface area contributed by atoms with Gasteiger partial charge < -0.3 is 11.1 Å². The summed E-state index contributed by atoms with van der Waals surface area (Å²) in [4.78, 5) is 22.3. The number of hydrogen-bond donors (Lipinski definition) is 2. The monoisotopic (exact) mass is 400 g/mol. The van der Waals surface area contributed by atoms with Crippen LogP contribution in [0, 0.1) is 5.92 Å². The summed E-state index contributed by atoms with van der Waals surface area (Å²) in [5.74, 6) is 0.439. The molecule has 2 aromatic heterocycles. The van der Waals surface area contributed by atoms with Crippen LogP contribution in [-0.4, -0.2) is 33.3 Å². The molecule has 3 N–H and O–H groups in total. The van der Waals surface area contributed by atoms with Crippen LogP contribution in [0.4, 0.5) is 5.82 Å². The first kappa shape index (κ1) is 19.6. The summed E-state index contributed by atoms with van der Waals surface area (Å²) >= 11 is 0. The lowest BCUT2D eigenvalue weighted by Crippen LogP contribution is -2.26. The van der Waals surface area contributed by atoms with Gasteiger partial charge in [0.15, 0.2) is 5.65 Å². The molecule has 7 nitrogen and oxygen atoms in total. The van der Waals surface area contributed by atoms with Crippen LogP contribution in [0.15, 0.2) is 59.7 Å². The number of amides is 1. The van der Waals surface area contributed by atoms with Crippen molar-refractivity contribution in [1.29, 1.82) is 0 Å². The van der Waals surface area contributed by atoms with E-state index in [1.54, 1.807) is 6.21 Å². The number of fused-ring (bicyclic) bond motifs is 2. The maximum absolute atomic E-state index is 13.0. The molecule has 0 atom stereocenters. The lowest BCUT2D eigenvalue weighted by Gasteiger charge is -2.07. The van der Waals surface area contributed by atoms with Crippen molar-refractivity contribution in [1.82, 2.24) is 20.0 Å². The van der Waals surface area contributed by atoms with Crippen LogP contribution in [0.2, 0.25) is 0 Å². The zero-order chi connectivity index (χ0) is 21.1. The number of nitrogens with one attached hydrogen (secondary N) is 1. The maximum Gasteiger partial charge on any atom is 0.257 e. The lowest BCUT2D eigenvalue weighted by atomic mass is 10.1. The van der Waals surface area contributed by atoms with Gasteiger partial charge in [-0.2, -0.15) is 9.78 Å². The van der Waals surface area contributed by atoms with Crippen LogP contribution in [-0.2, 0) is 0 Å². The Kier molecular flexibility index (Phi) is 5.43. The van der Waals surface area contributed by atoms with Gasteiger partial charge in [-0.25, -0.2) is 9.97 Å². The second-order valence-corrected chi connectivity index (χ2v) is 7.55. The summed E-state index contributed by atoms with van der Waals surface area (Å²) in [6.07, 6.45) is 2.57. The van der Waals surface area contributed by atoms with E-state index in [1.165, 1.54) is 4.68 Å². The molecule has 0 fully saturated rings. The average Bonchev–Trinajstić information content (AvgIpc) is 3.01. The Morgan fingerprint density at radius 3 is 2.47 bits per heavy atom. The number of para-hydroxylation sites is 2. The zero-order valence-corrected chi connectivity index (χ0v) is 17.0. The fourth-order valence-electron chi connectivity index (χ4n) is 3.21. The normalized spacial score (nSPS) is 11.7. The minimum Gasteiger partial charge on any atom is -0.383 e. The third kappa shape index (κ3) is 3.87. The van der Waals surface area contributed by atoms with E-state index < -0.39 is 0 Å². The summed E-state index contributed by atoms with van der Waals surface area (Å²) in [5.41, 5.74) is 9.91. The number of hydrogen-bond acceptors (Lipinski definition) is 5. The zero-order valence-electron chi connectivity index (χ0n) is 17.0. The number of carbonyl (C=O) groups is 1. The molecule has 0 unspecified atom stereocenters. The van der Waals surface area contributed by atoms with Crippen LogP contribution < -0.4 is 11.1 Å². The maximum atomic E-state index is 13.0. The summed E-state index contributed by atoms with van der Waals surface area (Å²) in [6.45, 7) is 4.79. The standard InChI is InChI=1S/C23H24N6O/c1-15(2)12-13-25-23(30)19-20-22(28-18-11-7-6-10-17(18)27-20)29(21(19)24)26-14-16-8-4-3-5-9-16/h3-11,14-15H,12-13,24H2,1-2H3,(H,25,30)/b26-14+. The summed E-state index contributed by atoms with van der Waals surface area (Å²) in [7, 11) is 0. The van der Waals surface area contributed by atoms with Gasteiger partial charge in [-0.05, 0) is 30.0 Å². The molecule has 2 aromatic carbocycles. The van der Waals surface area contributed by atoms with E-state index >= 15 is 0 Å². The Morgan fingerprint density at radius 1 is 1.10 bits per heavy atom. The molecule has 0 bridgehead atoms. The Morgan fingerprint density at radius 2 is 1.77 bits per heavy atom. The molecule has 1 amide bonds. The van der Waals surface area contributed by atoms with Crippen molar-refractivity contribution in [2.75, 3.05) is 12.3 Å². The quantitative estimate of drug-likeness (QED) is 0.481. The van der Waals surface area contributed by atoms with Gasteiger partial charge in [0, 0.05) is 6.54 Å². The minimum atomic E-state index is -0.267. The predicted octanol–water partition coefficient (Wildman–Crippen LogP) is 3.82. The number of rotatable bonds is 6. The third-order valence-corrected chi connectivity index (χ3v) is 4.83. The summed E-state index contributed by atoms with van der Waals surface area (Å²) < 4.78 is 1.49. The molecule has 0 saturated carbocycles. The molecule has 2 heterocycles. The first-order valence-electron chi connectivity index (χ1n) is 9.99. The molecular weight excluding hydrogens is 376 g/mol. The Hall–Kier alpha value is -3.74. The molecule has 0 aliphatic heterocycles. The van der Waals surface area contributed by atoms with Gasteiger partial charge >= 0.3 is 0 Å². The SMILES string of the molecule is CC(C)CCNC(=O)c1c(N)n(/N=C/c2ccccc2)c2nc3ccccc3nc12. The molecule has 0 aliphatic carbocycles. The van der Waals surface area contributed by atoms with Gasteiger partial charge in [-0.15, -0.1) is 0 Å². The molecule has 7 heteroatoms. The molecule has 30 heavy (non-hydrogen) atoms. The number of anilines is 1. The second-order valence-electron chi connectivity index (χ2n) is 7.55. The van der Waals surface area contributed by atoms with Gasteiger partial charge in [0.1, 0.15) is 16.9 Å². The smallest absolute Gasteiger partial charge is 0.257 e. The fraction of sp³-hybridized carbons (Fsp3) is 0.217. The largest absolute Gasteiger partial charge is 0.383 e. The third-order valence-electron chi connectivity index (χ3n) is 4.83. The Balaban J connectivity index is 1.83. The van der Waals surface area contributed by atoms with Crippen molar-refractivity contribution >= 4 is 40.1 Å². The molecule has 0 aliphatic rings. The van der Waals surface area contributed by atoms with E-state index in [9.17, 15) is 4.79 Å². The first-order valence-corrected chi connectivity index (χ1v) is 9.99. The van der Waals surface area contributed by atoms with Gasteiger partial charge in [-0.1, -0.05) is 56.3 Å². The molecule has 0 saturated heterocycles. The van der Waals surface area contributed by atoms with Crippen molar-refractivity contribution in [3.63, 3.8) is 0 Å². The second kappa shape index (κ2) is 8.32. The molecule has 0 spiro atoms. The number of nitrogens with zero attached hydrogens (tertiary/aromatic N) is 4. The molecule has 152 valence electrons.